The van der Waals surface area contributed by atoms with Gasteiger partial charge in [-0.25, -0.2) is 9.78 Å². The number of aromatic hydroxyl groups is 1. The van der Waals surface area contributed by atoms with Crippen molar-refractivity contribution in [3.63, 3.8) is 0 Å². The third kappa shape index (κ3) is 2.05. The van der Waals surface area contributed by atoms with Gasteiger partial charge in [-0.1, -0.05) is 0 Å². The van der Waals surface area contributed by atoms with Gasteiger partial charge in [-0.05, 0) is 26.0 Å². The Balaban J connectivity index is 2.85. The van der Waals surface area contributed by atoms with E-state index in [-0.39, 0.29) is 17.9 Å². The van der Waals surface area contributed by atoms with Crippen molar-refractivity contribution in [2.45, 2.75) is 13.8 Å². The highest BCUT2D eigenvalue weighted by atomic mass is 16.5. The fourth-order valence-electron chi connectivity index (χ4n) is 1.87. The zero-order valence-corrected chi connectivity index (χ0v) is 10.9. The van der Waals surface area contributed by atoms with Crippen LogP contribution in [0.15, 0.2) is 16.9 Å². The molecule has 2 aromatic heterocycles. The number of rotatable bonds is 2. The van der Waals surface area contributed by atoms with Gasteiger partial charge in [0.2, 0.25) is 0 Å². The molecule has 1 N–H and O–H groups in total. The Morgan fingerprint density at radius 2 is 2.16 bits per heavy atom. The minimum atomic E-state index is -0.830. The number of hydrogen-bond acceptors (Lipinski definition) is 5. The van der Waals surface area contributed by atoms with Gasteiger partial charge >= 0.3 is 5.97 Å². The Hall–Kier alpha value is -2.37. The van der Waals surface area contributed by atoms with Crippen molar-refractivity contribution >= 4 is 17.0 Å². The molecule has 0 radical (unpaired) electrons. The van der Waals surface area contributed by atoms with Crippen LogP contribution in [0.2, 0.25) is 0 Å². The van der Waals surface area contributed by atoms with Gasteiger partial charge in [0.15, 0.2) is 5.56 Å². The summed E-state index contributed by atoms with van der Waals surface area (Å²) in [5.74, 6) is -1.22. The summed E-state index contributed by atoms with van der Waals surface area (Å²) in [6.45, 7) is 3.54. The second-order valence-corrected chi connectivity index (χ2v) is 4.13. The van der Waals surface area contributed by atoms with E-state index in [9.17, 15) is 14.7 Å². The standard InChI is InChI=1S/C13H14N2O4/c1-4-19-13(18)9-10(16)8-6-5-7(2)14-11(8)15(3)12(9)17/h5-6,16H,4H2,1-3H3. The maximum absolute atomic E-state index is 12.1. The van der Waals surface area contributed by atoms with Gasteiger partial charge in [-0.2, -0.15) is 0 Å². The molecule has 0 spiro atoms. The molecule has 0 fully saturated rings. The van der Waals surface area contributed by atoms with Crippen LogP contribution < -0.4 is 5.56 Å². The maximum atomic E-state index is 12.1. The third-order valence-electron chi connectivity index (χ3n) is 2.82. The van der Waals surface area contributed by atoms with Crippen LogP contribution in [0.1, 0.15) is 23.0 Å². The Morgan fingerprint density at radius 1 is 1.47 bits per heavy atom. The molecule has 0 aliphatic carbocycles. The molecule has 0 aliphatic rings. The summed E-state index contributed by atoms with van der Waals surface area (Å²) in [6, 6.07) is 3.32. The topological polar surface area (TPSA) is 81.4 Å². The van der Waals surface area contributed by atoms with Crippen molar-refractivity contribution in [3.8, 4) is 5.75 Å². The average Bonchev–Trinajstić information content (AvgIpc) is 2.36. The minimum Gasteiger partial charge on any atom is -0.506 e. The first-order valence-electron chi connectivity index (χ1n) is 5.83. The Labute approximate surface area is 109 Å². The molecule has 0 amide bonds. The Kier molecular flexibility index (Phi) is 3.25. The lowest BCUT2D eigenvalue weighted by molar-refractivity contribution is 0.0520. The molecule has 6 nitrogen and oxygen atoms in total. The average molecular weight is 262 g/mol. The summed E-state index contributed by atoms with van der Waals surface area (Å²) in [5.41, 5.74) is 0.0605. The lowest BCUT2D eigenvalue weighted by Gasteiger charge is -2.10. The highest BCUT2D eigenvalue weighted by Crippen LogP contribution is 2.25. The molecule has 0 atom stereocenters. The first kappa shape index (κ1) is 13.1. The maximum Gasteiger partial charge on any atom is 0.347 e. The number of pyridine rings is 2. The first-order valence-corrected chi connectivity index (χ1v) is 5.83. The van der Waals surface area contributed by atoms with E-state index in [2.05, 4.69) is 4.98 Å². The largest absolute Gasteiger partial charge is 0.506 e. The third-order valence-corrected chi connectivity index (χ3v) is 2.82. The molecule has 2 heterocycles. The van der Waals surface area contributed by atoms with Crippen molar-refractivity contribution in [1.82, 2.24) is 9.55 Å². The summed E-state index contributed by atoms with van der Waals surface area (Å²) < 4.78 is 6.02. The van der Waals surface area contributed by atoms with Crippen LogP contribution in [-0.4, -0.2) is 27.2 Å². The number of carbonyl (C=O) groups excluding carboxylic acids is 1. The van der Waals surface area contributed by atoms with Crippen LogP contribution in [-0.2, 0) is 11.8 Å². The fourth-order valence-corrected chi connectivity index (χ4v) is 1.87. The summed E-state index contributed by atoms with van der Waals surface area (Å²) in [4.78, 5) is 28.0. The van der Waals surface area contributed by atoms with Crippen molar-refractivity contribution < 1.29 is 14.6 Å². The number of ether oxygens (including phenoxy) is 1. The first-order chi connectivity index (χ1) is 8.97. The predicted molar refractivity (Wildman–Crippen MR) is 69.3 cm³/mol. The van der Waals surface area contributed by atoms with E-state index in [1.807, 2.05) is 0 Å². The molecular formula is C13H14N2O4. The van der Waals surface area contributed by atoms with Crippen LogP contribution in [0.25, 0.3) is 11.0 Å². The second-order valence-electron chi connectivity index (χ2n) is 4.13. The highest BCUT2D eigenvalue weighted by Gasteiger charge is 2.22. The van der Waals surface area contributed by atoms with Gasteiger partial charge in [0.05, 0.1) is 12.0 Å². The van der Waals surface area contributed by atoms with E-state index in [1.54, 1.807) is 26.0 Å². The number of fused-ring (bicyclic) bond motifs is 1. The van der Waals surface area contributed by atoms with Gasteiger partial charge in [0, 0.05) is 12.7 Å². The number of aromatic nitrogens is 2. The lowest BCUT2D eigenvalue weighted by Crippen LogP contribution is -2.26. The molecule has 0 bridgehead atoms. The van der Waals surface area contributed by atoms with Crippen molar-refractivity contribution in [2.75, 3.05) is 6.61 Å². The van der Waals surface area contributed by atoms with Crippen molar-refractivity contribution in [1.29, 1.82) is 0 Å². The van der Waals surface area contributed by atoms with Crippen molar-refractivity contribution in [3.05, 3.63) is 33.7 Å². The Bertz CT molecular complexity index is 719. The van der Waals surface area contributed by atoms with E-state index in [0.29, 0.717) is 16.7 Å². The summed E-state index contributed by atoms with van der Waals surface area (Å²) in [7, 11) is 1.50. The quantitative estimate of drug-likeness (QED) is 0.820. The van der Waals surface area contributed by atoms with Gasteiger partial charge < -0.3 is 9.84 Å². The number of nitrogens with zero attached hydrogens (tertiary/aromatic N) is 2. The number of hydrogen-bond donors (Lipinski definition) is 1. The number of esters is 1. The SMILES string of the molecule is CCOC(=O)c1c(O)c2ccc(C)nc2n(C)c1=O. The summed E-state index contributed by atoms with van der Waals surface area (Å²) in [6.07, 6.45) is 0. The molecule has 0 saturated heterocycles. The van der Waals surface area contributed by atoms with E-state index < -0.39 is 11.5 Å². The molecule has 0 aliphatic heterocycles. The summed E-state index contributed by atoms with van der Waals surface area (Å²) >= 11 is 0. The van der Waals surface area contributed by atoms with Gasteiger partial charge in [-0.15, -0.1) is 0 Å². The normalized spacial score (nSPS) is 10.7. The van der Waals surface area contributed by atoms with Gasteiger partial charge in [0.25, 0.3) is 5.56 Å². The zero-order valence-electron chi connectivity index (χ0n) is 10.9. The predicted octanol–water partition coefficient (Wildman–Crippen LogP) is 1.12. The van der Waals surface area contributed by atoms with E-state index in [0.717, 1.165) is 0 Å². The fraction of sp³-hybridized carbons (Fsp3) is 0.308. The van der Waals surface area contributed by atoms with Crippen LogP contribution in [0.4, 0.5) is 0 Å². The van der Waals surface area contributed by atoms with Crippen LogP contribution in [0.5, 0.6) is 5.75 Å². The smallest absolute Gasteiger partial charge is 0.347 e. The van der Waals surface area contributed by atoms with E-state index in [1.165, 1.54) is 11.6 Å². The number of carbonyl (C=O) groups is 1. The van der Waals surface area contributed by atoms with E-state index >= 15 is 0 Å². The molecule has 6 heteroatoms. The van der Waals surface area contributed by atoms with Gasteiger partial charge in [0.1, 0.15) is 11.4 Å². The molecule has 19 heavy (non-hydrogen) atoms. The number of aryl methyl sites for hydroxylation is 2. The molecule has 0 saturated carbocycles. The Morgan fingerprint density at radius 3 is 2.79 bits per heavy atom. The van der Waals surface area contributed by atoms with Crippen LogP contribution in [0, 0.1) is 6.92 Å². The molecule has 0 aromatic carbocycles. The minimum absolute atomic E-state index is 0.131. The van der Waals surface area contributed by atoms with E-state index in [4.69, 9.17) is 4.74 Å². The molecule has 2 rings (SSSR count). The second kappa shape index (κ2) is 4.72. The monoisotopic (exact) mass is 262 g/mol. The van der Waals surface area contributed by atoms with Crippen LogP contribution in [0.3, 0.4) is 0 Å². The summed E-state index contributed by atoms with van der Waals surface area (Å²) in [5, 5.41) is 10.4. The molecule has 0 unspecified atom stereocenters. The molecule has 2 aromatic rings. The van der Waals surface area contributed by atoms with Crippen LogP contribution >= 0.6 is 0 Å². The van der Waals surface area contributed by atoms with Crippen molar-refractivity contribution in [2.24, 2.45) is 7.05 Å². The molecular weight excluding hydrogens is 248 g/mol. The molecule has 100 valence electrons. The highest BCUT2D eigenvalue weighted by molar-refractivity contribution is 5.98. The zero-order chi connectivity index (χ0) is 14.2. The van der Waals surface area contributed by atoms with Gasteiger partial charge in [-0.3, -0.25) is 9.36 Å². The lowest BCUT2D eigenvalue weighted by atomic mass is 10.1.